The summed E-state index contributed by atoms with van der Waals surface area (Å²) in [7, 11) is 0. The molecule has 0 atom stereocenters. The zero-order valence-electron chi connectivity index (χ0n) is 13.6. The second kappa shape index (κ2) is 5.98. The number of hydrogen-bond acceptors (Lipinski definition) is 4. The van der Waals surface area contributed by atoms with Gasteiger partial charge in [-0.1, -0.05) is 13.0 Å². The molecule has 3 aromatic rings. The monoisotopic (exact) mass is 336 g/mol. The van der Waals surface area contributed by atoms with Crippen molar-refractivity contribution in [3.8, 4) is 11.5 Å². The third-order valence-electron chi connectivity index (χ3n) is 4.20. The van der Waals surface area contributed by atoms with Gasteiger partial charge in [-0.3, -0.25) is 9.59 Å². The van der Waals surface area contributed by atoms with Crippen LogP contribution in [0.5, 0.6) is 11.5 Å². The molecule has 2 N–H and O–H groups in total. The summed E-state index contributed by atoms with van der Waals surface area (Å²) in [6, 6.07) is 12.1. The molecule has 1 amide bonds. The van der Waals surface area contributed by atoms with Gasteiger partial charge in [0.1, 0.15) is 0 Å². The molecule has 0 saturated carbocycles. The molecule has 0 saturated heterocycles. The quantitative estimate of drug-likeness (QED) is 0.770. The summed E-state index contributed by atoms with van der Waals surface area (Å²) in [5.41, 5.74) is 2.61. The number of rotatable bonds is 3. The zero-order valence-corrected chi connectivity index (χ0v) is 13.6. The lowest BCUT2D eigenvalue weighted by atomic mass is 10.1. The molecule has 6 nitrogen and oxygen atoms in total. The van der Waals surface area contributed by atoms with Gasteiger partial charge in [0.05, 0.1) is 5.52 Å². The Morgan fingerprint density at radius 3 is 2.80 bits per heavy atom. The second-order valence-corrected chi connectivity index (χ2v) is 5.79. The number of fused-ring (bicyclic) bond motifs is 2. The van der Waals surface area contributed by atoms with Crippen LogP contribution in [0.4, 0.5) is 5.69 Å². The molecule has 25 heavy (non-hydrogen) atoms. The number of aromatic amines is 1. The van der Waals surface area contributed by atoms with E-state index in [0.29, 0.717) is 28.3 Å². The Bertz CT molecular complexity index is 1040. The van der Waals surface area contributed by atoms with Crippen LogP contribution >= 0.6 is 0 Å². The van der Waals surface area contributed by atoms with E-state index in [1.807, 2.05) is 19.1 Å². The Labute approximate surface area is 143 Å². The van der Waals surface area contributed by atoms with E-state index in [4.69, 9.17) is 9.47 Å². The smallest absolute Gasteiger partial charge is 0.255 e. The third-order valence-corrected chi connectivity index (χ3v) is 4.20. The number of nitrogens with one attached hydrogen (secondary N) is 2. The highest BCUT2D eigenvalue weighted by Gasteiger charge is 2.16. The fourth-order valence-electron chi connectivity index (χ4n) is 2.94. The van der Waals surface area contributed by atoms with Crippen molar-refractivity contribution in [1.82, 2.24) is 4.98 Å². The van der Waals surface area contributed by atoms with Crippen LogP contribution in [0.25, 0.3) is 10.9 Å². The van der Waals surface area contributed by atoms with E-state index in [1.165, 1.54) is 0 Å². The summed E-state index contributed by atoms with van der Waals surface area (Å²) in [5, 5.41) is 3.82. The fourth-order valence-corrected chi connectivity index (χ4v) is 2.94. The SMILES string of the molecule is CCc1cc(=O)[nH]c2cc(NC(=O)c3ccc4c(c3)OCO4)ccc12. The topological polar surface area (TPSA) is 80.4 Å². The van der Waals surface area contributed by atoms with Crippen molar-refractivity contribution in [2.75, 3.05) is 12.1 Å². The van der Waals surface area contributed by atoms with Crippen LogP contribution in [0, 0.1) is 0 Å². The standard InChI is InChI=1S/C19H16N2O4/c1-2-11-8-18(22)21-15-9-13(4-5-14(11)15)20-19(23)12-3-6-16-17(7-12)25-10-24-16/h3-9H,2,10H2,1H3,(H,20,23)(H,21,22). The van der Waals surface area contributed by atoms with E-state index in [-0.39, 0.29) is 18.3 Å². The molecule has 2 aromatic carbocycles. The van der Waals surface area contributed by atoms with E-state index in [1.54, 1.807) is 30.3 Å². The van der Waals surface area contributed by atoms with E-state index >= 15 is 0 Å². The first-order valence-corrected chi connectivity index (χ1v) is 8.01. The highest BCUT2D eigenvalue weighted by molar-refractivity contribution is 6.05. The van der Waals surface area contributed by atoms with E-state index < -0.39 is 0 Å². The predicted molar refractivity (Wildman–Crippen MR) is 94.5 cm³/mol. The molecule has 2 heterocycles. The van der Waals surface area contributed by atoms with Gasteiger partial charge in [-0.25, -0.2) is 0 Å². The highest BCUT2D eigenvalue weighted by atomic mass is 16.7. The molecule has 4 rings (SSSR count). The van der Waals surface area contributed by atoms with Crippen molar-refractivity contribution < 1.29 is 14.3 Å². The third kappa shape index (κ3) is 2.82. The van der Waals surface area contributed by atoms with Crippen molar-refractivity contribution in [3.05, 3.63) is 63.9 Å². The van der Waals surface area contributed by atoms with Crippen LogP contribution in [0.3, 0.4) is 0 Å². The fraction of sp³-hybridized carbons (Fsp3) is 0.158. The predicted octanol–water partition coefficient (Wildman–Crippen LogP) is 3.07. The van der Waals surface area contributed by atoms with E-state index in [9.17, 15) is 9.59 Å². The first-order chi connectivity index (χ1) is 12.1. The van der Waals surface area contributed by atoms with Gasteiger partial charge in [0, 0.05) is 22.7 Å². The van der Waals surface area contributed by atoms with Crippen molar-refractivity contribution in [1.29, 1.82) is 0 Å². The van der Waals surface area contributed by atoms with Gasteiger partial charge >= 0.3 is 0 Å². The second-order valence-electron chi connectivity index (χ2n) is 5.79. The van der Waals surface area contributed by atoms with Crippen LogP contribution in [-0.2, 0) is 6.42 Å². The summed E-state index contributed by atoms with van der Waals surface area (Å²) >= 11 is 0. The van der Waals surface area contributed by atoms with Crippen molar-refractivity contribution in [2.24, 2.45) is 0 Å². The summed E-state index contributed by atoms with van der Waals surface area (Å²) in [6.07, 6.45) is 0.767. The van der Waals surface area contributed by atoms with Crippen molar-refractivity contribution in [3.63, 3.8) is 0 Å². The van der Waals surface area contributed by atoms with Gasteiger partial charge in [-0.15, -0.1) is 0 Å². The maximum Gasteiger partial charge on any atom is 0.255 e. The maximum atomic E-state index is 12.5. The van der Waals surface area contributed by atoms with Crippen molar-refractivity contribution >= 4 is 22.5 Å². The summed E-state index contributed by atoms with van der Waals surface area (Å²) in [6.45, 7) is 2.17. The first-order valence-electron chi connectivity index (χ1n) is 8.01. The molecule has 0 bridgehead atoms. The number of amides is 1. The Balaban J connectivity index is 1.64. The number of aryl methyl sites for hydroxylation is 1. The molecule has 0 aliphatic carbocycles. The normalized spacial score (nSPS) is 12.4. The maximum absolute atomic E-state index is 12.5. The van der Waals surface area contributed by atoms with E-state index in [0.717, 1.165) is 17.4 Å². The lowest BCUT2D eigenvalue weighted by Gasteiger charge is -2.09. The summed E-state index contributed by atoms with van der Waals surface area (Å²) in [5.74, 6) is 0.932. The van der Waals surface area contributed by atoms with Crippen LogP contribution < -0.4 is 20.3 Å². The number of hydrogen-bond donors (Lipinski definition) is 2. The average Bonchev–Trinajstić information content (AvgIpc) is 3.08. The molecule has 1 aromatic heterocycles. The molecule has 0 unspecified atom stereocenters. The molecule has 0 fully saturated rings. The van der Waals surface area contributed by atoms with Crippen LogP contribution in [-0.4, -0.2) is 17.7 Å². The molecular formula is C19H16N2O4. The van der Waals surface area contributed by atoms with Gasteiger partial charge in [-0.2, -0.15) is 0 Å². The number of anilines is 1. The number of ether oxygens (including phenoxy) is 2. The number of H-pyrrole nitrogens is 1. The van der Waals surface area contributed by atoms with Gasteiger partial charge in [0.15, 0.2) is 11.5 Å². The molecule has 0 spiro atoms. The summed E-state index contributed by atoms with van der Waals surface area (Å²) in [4.78, 5) is 27.0. The van der Waals surface area contributed by atoms with Crippen LogP contribution in [0.15, 0.2) is 47.3 Å². The van der Waals surface area contributed by atoms with Gasteiger partial charge in [0.2, 0.25) is 12.4 Å². The Hall–Kier alpha value is -3.28. The molecular weight excluding hydrogens is 320 g/mol. The minimum Gasteiger partial charge on any atom is -0.454 e. The molecule has 1 aliphatic rings. The van der Waals surface area contributed by atoms with Crippen LogP contribution in [0.2, 0.25) is 0 Å². The Morgan fingerprint density at radius 2 is 1.96 bits per heavy atom. The van der Waals surface area contributed by atoms with Crippen molar-refractivity contribution in [2.45, 2.75) is 13.3 Å². The Kier molecular flexibility index (Phi) is 3.65. The number of benzene rings is 2. The number of carbonyl (C=O) groups excluding carboxylic acids is 1. The minimum atomic E-state index is -0.258. The zero-order chi connectivity index (χ0) is 17.4. The molecule has 1 aliphatic heterocycles. The number of aromatic nitrogens is 1. The number of pyridine rings is 1. The number of carbonyl (C=O) groups is 1. The van der Waals surface area contributed by atoms with E-state index in [2.05, 4.69) is 10.3 Å². The van der Waals surface area contributed by atoms with Gasteiger partial charge in [-0.05, 0) is 42.3 Å². The minimum absolute atomic E-state index is 0.149. The Morgan fingerprint density at radius 1 is 1.12 bits per heavy atom. The first kappa shape index (κ1) is 15.3. The molecule has 126 valence electrons. The lowest BCUT2D eigenvalue weighted by molar-refractivity contribution is 0.102. The van der Waals surface area contributed by atoms with Crippen LogP contribution in [0.1, 0.15) is 22.8 Å². The molecule has 0 radical (unpaired) electrons. The van der Waals surface area contributed by atoms with Gasteiger partial charge in [0.25, 0.3) is 5.91 Å². The lowest BCUT2D eigenvalue weighted by Crippen LogP contribution is -2.12. The average molecular weight is 336 g/mol. The highest BCUT2D eigenvalue weighted by Crippen LogP contribution is 2.32. The largest absolute Gasteiger partial charge is 0.454 e. The summed E-state index contributed by atoms with van der Waals surface area (Å²) < 4.78 is 10.5. The molecule has 6 heteroatoms. The van der Waals surface area contributed by atoms with Gasteiger partial charge < -0.3 is 19.8 Å².